The van der Waals surface area contributed by atoms with Gasteiger partial charge in [-0.25, -0.2) is 0 Å². The van der Waals surface area contributed by atoms with Gasteiger partial charge in [-0.1, -0.05) is 13.8 Å². The minimum atomic E-state index is 0.205. The van der Waals surface area contributed by atoms with Gasteiger partial charge < -0.3 is 10.1 Å². The topological polar surface area (TPSA) is 24.5 Å². The second-order valence-corrected chi connectivity index (χ2v) is 6.42. The molecule has 1 rings (SSSR count). The monoisotopic (exact) mass is 256 g/mol. The molecule has 3 heteroatoms. The number of nitrogens with zero attached hydrogens (tertiary/aromatic N) is 1. The summed E-state index contributed by atoms with van der Waals surface area (Å²) in [6.07, 6.45) is 4.14. The summed E-state index contributed by atoms with van der Waals surface area (Å²) in [5, 5.41) is 3.63. The fraction of sp³-hybridized carbons (Fsp3) is 1.00. The summed E-state index contributed by atoms with van der Waals surface area (Å²) in [6, 6.07) is 0.624. The molecule has 1 saturated heterocycles. The van der Waals surface area contributed by atoms with E-state index in [0.29, 0.717) is 12.1 Å². The zero-order chi connectivity index (χ0) is 13.6. The van der Waals surface area contributed by atoms with Gasteiger partial charge in [-0.15, -0.1) is 0 Å². The number of likely N-dealkylation sites (N-methyl/N-ethyl adjacent to an activating group) is 1. The minimum Gasteiger partial charge on any atom is -0.377 e. The molecule has 1 N–H and O–H groups in total. The first kappa shape index (κ1) is 15.9. The summed E-state index contributed by atoms with van der Waals surface area (Å²) < 4.78 is 5.76. The Hall–Kier alpha value is -0.120. The van der Waals surface area contributed by atoms with Crippen LogP contribution in [0.4, 0.5) is 0 Å². The third kappa shape index (κ3) is 5.68. The molecule has 2 unspecified atom stereocenters. The Balaban J connectivity index is 2.42. The van der Waals surface area contributed by atoms with Crippen molar-refractivity contribution in [3.05, 3.63) is 0 Å². The van der Waals surface area contributed by atoms with Crippen LogP contribution in [0.5, 0.6) is 0 Å². The Morgan fingerprint density at radius 3 is 2.50 bits per heavy atom. The highest BCUT2D eigenvalue weighted by Crippen LogP contribution is 2.15. The Bertz CT molecular complexity index is 219. The molecule has 0 spiro atoms. The van der Waals surface area contributed by atoms with Gasteiger partial charge in [0.15, 0.2) is 0 Å². The maximum absolute atomic E-state index is 5.76. The second kappa shape index (κ2) is 7.46. The summed E-state index contributed by atoms with van der Waals surface area (Å²) >= 11 is 0. The van der Waals surface area contributed by atoms with Gasteiger partial charge in [0.2, 0.25) is 0 Å². The van der Waals surface area contributed by atoms with Crippen molar-refractivity contribution in [2.45, 2.75) is 71.6 Å². The molecule has 18 heavy (non-hydrogen) atoms. The molecule has 108 valence electrons. The Labute approximate surface area is 113 Å². The van der Waals surface area contributed by atoms with Crippen LogP contribution in [0.15, 0.2) is 0 Å². The summed E-state index contributed by atoms with van der Waals surface area (Å²) in [7, 11) is 0. The largest absolute Gasteiger partial charge is 0.377 e. The van der Waals surface area contributed by atoms with Crippen molar-refractivity contribution in [3.63, 3.8) is 0 Å². The van der Waals surface area contributed by atoms with E-state index in [4.69, 9.17) is 4.74 Å². The van der Waals surface area contributed by atoms with E-state index in [2.05, 4.69) is 44.8 Å². The molecule has 1 aliphatic rings. The molecule has 0 radical (unpaired) electrons. The maximum atomic E-state index is 5.76. The van der Waals surface area contributed by atoms with Crippen molar-refractivity contribution in [2.24, 2.45) is 0 Å². The van der Waals surface area contributed by atoms with Crippen molar-refractivity contribution in [1.82, 2.24) is 10.2 Å². The van der Waals surface area contributed by atoms with Gasteiger partial charge in [0.25, 0.3) is 0 Å². The minimum absolute atomic E-state index is 0.205. The van der Waals surface area contributed by atoms with E-state index >= 15 is 0 Å². The molecule has 0 saturated carbocycles. The van der Waals surface area contributed by atoms with Crippen LogP contribution < -0.4 is 5.32 Å². The van der Waals surface area contributed by atoms with Gasteiger partial charge in [0, 0.05) is 31.3 Å². The van der Waals surface area contributed by atoms with Crippen LogP contribution in [0.1, 0.15) is 53.9 Å². The maximum Gasteiger partial charge on any atom is 0.0702 e. The molecule has 0 aliphatic carbocycles. The predicted octanol–water partition coefficient (Wildman–Crippen LogP) is 2.65. The number of ether oxygens (including phenoxy) is 1. The van der Waals surface area contributed by atoms with E-state index in [-0.39, 0.29) is 5.54 Å². The van der Waals surface area contributed by atoms with Gasteiger partial charge in [0.1, 0.15) is 0 Å². The molecule has 0 amide bonds. The van der Waals surface area contributed by atoms with Crippen LogP contribution in [0, 0.1) is 0 Å². The van der Waals surface area contributed by atoms with Crippen molar-refractivity contribution in [3.8, 4) is 0 Å². The molecule has 1 aliphatic heterocycles. The molecule has 0 aromatic rings. The number of hydrogen-bond acceptors (Lipinski definition) is 3. The summed E-state index contributed by atoms with van der Waals surface area (Å²) in [4.78, 5) is 2.58. The van der Waals surface area contributed by atoms with Gasteiger partial charge >= 0.3 is 0 Å². The SMILES string of the molecule is CCC(CNC(C)(C)C)N(CC)CC1CCCO1. The van der Waals surface area contributed by atoms with Crippen LogP contribution in [0.2, 0.25) is 0 Å². The zero-order valence-corrected chi connectivity index (χ0v) is 13.0. The Kier molecular flexibility index (Phi) is 6.61. The van der Waals surface area contributed by atoms with Gasteiger partial charge in [-0.2, -0.15) is 0 Å². The van der Waals surface area contributed by atoms with Crippen LogP contribution in [0.3, 0.4) is 0 Å². The molecule has 0 aromatic carbocycles. The van der Waals surface area contributed by atoms with Crippen LogP contribution in [-0.2, 0) is 4.74 Å². The molecule has 3 nitrogen and oxygen atoms in total. The van der Waals surface area contributed by atoms with E-state index in [1.807, 2.05) is 0 Å². The van der Waals surface area contributed by atoms with Crippen molar-refractivity contribution >= 4 is 0 Å². The van der Waals surface area contributed by atoms with E-state index in [1.54, 1.807) is 0 Å². The molecule has 1 heterocycles. The van der Waals surface area contributed by atoms with E-state index in [1.165, 1.54) is 19.3 Å². The first-order valence-electron chi connectivity index (χ1n) is 7.57. The quantitative estimate of drug-likeness (QED) is 0.758. The van der Waals surface area contributed by atoms with Gasteiger partial charge in [-0.3, -0.25) is 4.90 Å². The van der Waals surface area contributed by atoms with E-state index < -0.39 is 0 Å². The van der Waals surface area contributed by atoms with Crippen LogP contribution in [0.25, 0.3) is 0 Å². The second-order valence-electron chi connectivity index (χ2n) is 6.42. The average Bonchev–Trinajstić information content (AvgIpc) is 2.79. The number of hydrogen-bond donors (Lipinski definition) is 1. The smallest absolute Gasteiger partial charge is 0.0702 e. The first-order valence-corrected chi connectivity index (χ1v) is 7.57. The van der Waals surface area contributed by atoms with E-state index in [0.717, 1.165) is 26.2 Å². The lowest BCUT2D eigenvalue weighted by molar-refractivity contribution is 0.0569. The lowest BCUT2D eigenvalue weighted by Gasteiger charge is -2.34. The zero-order valence-electron chi connectivity index (χ0n) is 13.0. The third-order valence-electron chi connectivity index (χ3n) is 3.72. The predicted molar refractivity (Wildman–Crippen MR) is 78.1 cm³/mol. The molecular formula is C15H32N2O. The molecule has 1 fully saturated rings. The lowest BCUT2D eigenvalue weighted by atomic mass is 10.1. The number of rotatable bonds is 7. The molecule has 0 aromatic heterocycles. The summed E-state index contributed by atoms with van der Waals surface area (Å²) in [5.41, 5.74) is 0.205. The summed E-state index contributed by atoms with van der Waals surface area (Å²) in [6.45, 7) is 15.5. The highest BCUT2D eigenvalue weighted by atomic mass is 16.5. The van der Waals surface area contributed by atoms with Gasteiger partial charge in [-0.05, 0) is 46.6 Å². The number of nitrogens with one attached hydrogen (secondary N) is 1. The standard InChI is InChI=1S/C15H32N2O/c1-6-13(11-16-15(3,4)5)17(7-2)12-14-9-8-10-18-14/h13-14,16H,6-12H2,1-5H3. The first-order chi connectivity index (χ1) is 8.46. The van der Waals surface area contributed by atoms with Crippen molar-refractivity contribution in [1.29, 1.82) is 0 Å². The lowest BCUT2D eigenvalue weighted by Crippen LogP contribution is -2.49. The molecule has 0 bridgehead atoms. The summed E-state index contributed by atoms with van der Waals surface area (Å²) in [5.74, 6) is 0. The average molecular weight is 256 g/mol. The Morgan fingerprint density at radius 1 is 1.33 bits per heavy atom. The molecule has 2 atom stereocenters. The highest BCUT2D eigenvalue weighted by Gasteiger charge is 2.23. The highest BCUT2D eigenvalue weighted by molar-refractivity contribution is 4.80. The fourth-order valence-electron chi connectivity index (χ4n) is 2.54. The van der Waals surface area contributed by atoms with Crippen LogP contribution >= 0.6 is 0 Å². The van der Waals surface area contributed by atoms with Gasteiger partial charge in [0.05, 0.1) is 6.10 Å². The fourth-order valence-corrected chi connectivity index (χ4v) is 2.54. The Morgan fingerprint density at radius 2 is 2.06 bits per heavy atom. The normalized spacial score (nSPS) is 22.7. The van der Waals surface area contributed by atoms with Crippen LogP contribution in [-0.4, -0.2) is 48.8 Å². The van der Waals surface area contributed by atoms with E-state index in [9.17, 15) is 0 Å². The van der Waals surface area contributed by atoms with Crippen molar-refractivity contribution in [2.75, 3.05) is 26.2 Å². The third-order valence-corrected chi connectivity index (χ3v) is 3.72. The van der Waals surface area contributed by atoms with Crippen molar-refractivity contribution < 1.29 is 4.74 Å². The molecular weight excluding hydrogens is 224 g/mol.